The first-order chi connectivity index (χ1) is 10.1. The van der Waals surface area contributed by atoms with Crippen molar-refractivity contribution in [3.63, 3.8) is 0 Å². The molecule has 114 valence electrons. The van der Waals surface area contributed by atoms with E-state index in [1.54, 1.807) is 6.33 Å². The Kier molecular flexibility index (Phi) is 4.03. The maximum Gasteiger partial charge on any atom is 0.147 e. The molecule has 1 aliphatic carbocycles. The lowest BCUT2D eigenvalue weighted by molar-refractivity contribution is 0.0984. The lowest BCUT2D eigenvalue weighted by Gasteiger charge is -2.30. The molecular formula is C14H22N6O. The second-order valence-electron chi connectivity index (χ2n) is 5.81. The van der Waals surface area contributed by atoms with Crippen LogP contribution in [-0.4, -0.2) is 42.0 Å². The third-order valence-corrected chi connectivity index (χ3v) is 4.18. The van der Waals surface area contributed by atoms with Crippen molar-refractivity contribution in [2.75, 3.05) is 0 Å². The van der Waals surface area contributed by atoms with Crippen LogP contribution in [0.25, 0.3) is 0 Å². The summed E-state index contributed by atoms with van der Waals surface area (Å²) in [6.07, 6.45) is 6.39. The molecule has 3 rings (SSSR count). The molecule has 0 bridgehead atoms. The number of aromatic nitrogens is 5. The van der Waals surface area contributed by atoms with Gasteiger partial charge in [-0.15, -0.1) is 0 Å². The number of nitrogens with one attached hydrogen (secondary N) is 1. The minimum atomic E-state index is -0.385. The van der Waals surface area contributed by atoms with E-state index in [0.29, 0.717) is 0 Å². The van der Waals surface area contributed by atoms with Crippen molar-refractivity contribution in [1.29, 1.82) is 0 Å². The number of nitrogens with zero attached hydrogens (tertiary/aromatic N) is 4. The first kappa shape index (κ1) is 14.2. The van der Waals surface area contributed by atoms with Crippen LogP contribution in [0.1, 0.15) is 42.5 Å². The number of hydrogen-bond donors (Lipinski definition) is 3. The Hall–Kier alpha value is -1.73. The molecule has 1 saturated carbocycles. The molecule has 7 heteroatoms. The van der Waals surface area contributed by atoms with E-state index in [2.05, 4.69) is 20.1 Å². The highest BCUT2D eigenvalue weighted by atomic mass is 16.3. The van der Waals surface area contributed by atoms with Crippen LogP contribution >= 0.6 is 0 Å². The van der Waals surface area contributed by atoms with Crippen LogP contribution < -0.4 is 5.73 Å². The summed E-state index contributed by atoms with van der Waals surface area (Å²) in [6.45, 7) is 2.68. The van der Waals surface area contributed by atoms with Crippen LogP contribution in [0.2, 0.25) is 0 Å². The topological polar surface area (TPSA) is 106 Å². The zero-order valence-corrected chi connectivity index (χ0v) is 12.2. The molecule has 4 N–H and O–H groups in total. The van der Waals surface area contributed by atoms with Gasteiger partial charge in [0.2, 0.25) is 0 Å². The fourth-order valence-electron chi connectivity index (χ4n) is 3.01. The molecule has 2 aromatic heterocycles. The zero-order chi connectivity index (χ0) is 14.8. The van der Waals surface area contributed by atoms with Crippen LogP contribution in [-0.2, 0) is 13.0 Å². The second-order valence-corrected chi connectivity index (χ2v) is 5.81. The van der Waals surface area contributed by atoms with Crippen molar-refractivity contribution in [2.45, 2.75) is 57.2 Å². The summed E-state index contributed by atoms with van der Waals surface area (Å²) in [5.74, 6) is 2.06. The predicted octanol–water partition coefficient (Wildman–Crippen LogP) is 0.508. The van der Waals surface area contributed by atoms with Gasteiger partial charge in [0.15, 0.2) is 0 Å². The molecule has 2 heterocycles. The van der Waals surface area contributed by atoms with Gasteiger partial charge >= 0.3 is 0 Å². The largest absolute Gasteiger partial charge is 0.392 e. The Morgan fingerprint density at radius 1 is 1.48 bits per heavy atom. The Bertz CT molecular complexity index is 578. The molecule has 1 fully saturated rings. The highest BCUT2D eigenvalue weighted by Crippen LogP contribution is 2.31. The van der Waals surface area contributed by atoms with E-state index in [1.807, 2.05) is 17.8 Å². The Balaban J connectivity index is 1.73. The lowest BCUT2D eigenvalue weighted by atomic mass is 9.83. The fourth-order valence-corrected chi connectivity index (χ4v) is 3.01. The first-order valence-electron chi connectivity index (χ1n) is 7.45. The molecule has 2 aromatic rings. The van der Waals surface area contributed by atoms with E-state index >= 15 is 0 Å². The average molecular weight is 290 g/mol. The number of rotatable bonds is 4. The van der Waals surface area contributed by atoms with E-state index < -0.39 is 0 Å². The molecule has 0 unspecified atom stereocenters. The van der Waals surface area contributed by atoms with Crippen molar-refractivity contribution >= 4 is 0 Å². The standard InChI is InChI=1S/C14H22N6O/c1-9-18-14(10-2-3-13(21)12(15)6-10)20(19-9)5-4-11-7-16-8-17-11/h7-8,10,12-13,21H,2-6,15H2,1H3,(H,16,17)/t10-,12+,13+/m0/s1. The van der Waals surface area contributed by atoms with Crippen LogP contribution in [0.3, 0.4) is 0 Å². The van der Waals surface area contributed by atoms with Crippen LogP contribution in [0.15, 0.2) is 12.5 Å². The van der Waals surface area contributed by atoms with Crippen LogP contribution in [0.4, 0.5) is 0 Å². The number of H-pyrrole nitrogens is 1. The van der Waals surface area contributed by atoms with Gasteiger partial charge in [0.1, 0.15) is 11.6 Å². The quantitative estimate of drug-likeness (QED) is 0.760. The lowest BCUT2D eigenvalue weighted by Crippen LogP contribution is -2.40. The summed E-state index contributed by atoms with van der Waals surface area (Å²) in [5, 5.41) is 14.3. The number of aliphatic hydroxyl groups is 1. The first-order valence-corrected chi connectivity index (χ1v) is 7.45. The van der Waals surface area contributed by atoms with E-state index in [-0.39, 0.29) is 18.1 Å². The number of hydrogen-bond acceptors (Lipinski definition) is 5. The smallest absolute Gasteiger partial charge is 0.147 e. The third kappa shape index (κ3) is 3.14. The van der Waals surface area contributed by atoms with Gasteiger partial charge in [0.25, 0.3) is 0 Å². The summed E-state index contributed by atoms with van der Waals surface area (Å²) >= 11 is 0. The van der Waals surface area contributed by atoms with Crippen molar-refractivity contribution in [3.8, 4) is 0 Å². The van der Waals surface area contributed by atoms with Gasteiger partial charge < -0.3 is 15.8 Å². The molecule has 3 atom stereocenters. The van der Waals surface area contributed by atoms with E-state index in [4.69, 9.17) is 5.73 Å². The molecule has 0 aliphatic heterocycles. The zero-order valence-electron chi connectivity index (χ0n) is 12.2. The maximum absolute atomic E-state index is 9.77. The minimum Gasteiger partial charge on any atom is -0.392 e. The van der Waals surface area contributed by atoms with Crippen molar-refractivity contribution in [1.82, 2.24) is 24.7 Å². The molecule has 0 aromatic carbocycles. The number of aromatic amines is 1. The van der Waals surface area contributed by atoms with E-state index in [1.165, 1.54) is 0 Å². The minimum absolute atomic E-state index is 0.165. The third-order valence-electron chi connectivity index (χ3n) is 4.18. The fraction of sp³-hybridized carbons (Fsp3) is 0.643. The number of imidazole rings is 1. The van der Waals surface area contributed by atoms with Gasteiger partial charge in [-0.1, -0.05) is 0 Å². The predicted molar refractivity (Wildman–Crippen MR) is 77.6 cm³/mol. The molecular weight excluding hydrogens is 268 g/mol. The molecule has 0 spiro atoms. The van der Waals surface area contributed by atoms with Crippen molar-refractivity contribution in [3.05, 3.63) is 29.9 Å². The molecule has 0 amide bonds. The summed E-state index contributed by atoms with van der Waals surface area (Å²) < 4.78 is 1.98. The monoisotopic (exact) mass is 290 g/mol. The number of nitrogens with two attached hydrogens (primary N) is 1. The summed E-state index contributed by atoms with van der Waals surface area (Å²) in [5.41, 5.74) is 7.08. The molecule has 1 aliphatic rings. The Morgan fingerprint density at radius 3 is 3.05 bits per heavy atom. The van der Waals surface area contributed by atoms with Gasteiger partial charge in [-0.25, -0.2) is 14.6 Å². The van der Waals surface area contributed by atoms with Gasteiger partial charge in [-0.05, 0) is 26.2 Å². The summed E-state index contributed by atoms with van der Waals surface area (Å²) in [6, 6.07) is -0.165. The second kappa shape index (κ2) is 5.95. The van der Waals surface area contributed by atoms with Gasteiger partial charge in [0.05, 0.1) is 12.4 Å². The maximum atomic E-state index is 9.77. The normalized spacial score (nSPS) is 26.1. The molecule has 7 nitrogen and oxygen atoms in total. The average Bonchev–Trinajstić information content (AvgIpc) is 3.09. The summed E-state index contributed by atoms with van der Waals surface area (Å²) in [4.78, 5) is 11.7. The van der Waals surface area contributed by atoms with Gasteiger partial charge in [-0.3, -0.25) is 0 Å². The van der Waals surface area contributed by atoms with Crippen LogP contribution in [0, 0.1) is 6.92 Å². The van der Waals surface area contributed by atoms with E-state index in [0.717, 1.165) is 49.6 Å². The summed E-state index contributed by atoms with van der Waals surface area (Å²) in [7, 11) is 0. The Morgan fingerprint density at radius 2 is 2.33 bits per heavy atom. The van der Waals surface area contributed by atoms with Crippen molar-refractivity contribution in [2.24, 2.45) is 5.73 Å². The molecule has 0 radical (unpaired) electrons. The van der Waals surface area contributed by atoms with Crippen molar-refractivity contribution < 1.29 is 5.11 Å². The SMILES string of the molecule is Cc1nc([C@H]2CC[C@@H](O)[C@H](N)C2)n(CCc2cnc[nH]2)n1. The van der Waals surface area contributed by atoms with E-state index in [9.17, 15) is 5.11 Å². The van der Waals surface area contributed by atoms with Crippen LogP contribution in [0.5, 0.6) is 0 Å². The Labute approximate surface area is 123 Å². The number of aliphatic hydroxyl groups excluding tert-OH is 1. The highest BCUT2D eigenvalue weighted by Gasteiger charge is 2.30. The van der Waals surface area contributed by atoms with Gasteiger partial charge in [0, 0.05) is 36.8 Å². The molecule has 21 heavy (non-hydrogen) atoms. The molecule has 0 saturated heterocycles. The van der Waals surface area contributed by atoms with Gasteiger partial charge in [-0.2, -0.15) is 5.10 Å². The number of aryl methyl sites for hydroxylation is 3. The highest BCUT2D eigenvalue weighted by molar-refractivity contribution is 5.04.